The van der Waals surface area contributed by atoms with Crippen molar-refractivity contribution in [2.75, 3.05) is 38.1 Å². The van der Waals surface area contributed by atoms with Gasteiger partial charge in [-0.1, -0.05) is 0 Å². The van der Waals surface area contributed by atoms with Crippen LogP contribution in [0.3, 0.4) is 0 Å². The first kappa shape index (κ1) is 14.2. The maximum atomic E-state index is 9.40. The standard InChI is InChI=1S/C13H18ClNO4/c1-17-7-11-8-18-12-3-2-9(4-13(12)19-11)15-6-10(16)5-14/h2-4,10-11,15-16H,5-8H2,1H3. The number of halogens is 1. The van der Waals surface area contributed by atoms with Gasteiger partial charge in [0.25, 0.3) is 0 Å². The average Bonchev–Trinajstić information content (AvgIpc) is 2.44. The molecule has 0 amide bonds. The molecule has 0 saturated heterocycles. The number of ether oxygens (including phenoxy) is 3. The zero-order valence-electron chi connectivity index (χ0n) is 10.8. The number of anilines is 1. The summed E-state index contributed by atoms with van der Waals surface area (Å²) in [5, 5.41) is 12.5. The van der Waals surface area contributed by atoms with Crippen LogP contribution in [0.1, 0.15) is 0 Å². The van der Waals surface area contributed by atoms with Crippen LogP contribution in [0.5, 0.6) is 11.5 Å². The van der Waals surface area contributed by atoms with Gasteiger partial charge in [0, 0.05) is 25.4 Å². The Kier molecular flexibility index (Phi) is 5.13. The second-order valence-corrected chi connectivity index (χ2v) is 4.67. The molecule has 0 saturated carbocycles. The van der Waals surface area contributed by atoms with Gasteiger partial charge in [0.05, 0.1) is 18.6 Å². The summed E-state index contributed by atoms with van der Waals surface area (Å²) in [5.41, 5.74) is 0.851. The van der Waals surface area contributed by atoms with Gasteiger partial charge in [0.15, 0.2) is 17.6 Å². The molecule has 5 nitrogen and oxygen atoms in total. The summed E-state index contributed by atoms with van der Waals surface area (Å²) < 4.78 is 16.4. The predicted molar refractivity (Wildman–Crippen MR) is 73.4 cm³/mol. The highest BCUT2D eigenvalue weighted by molar-refractivity contribution is 6.18. The summed E-state index contributed by atoms with van der Waals surface area (Å²) in [6.45, 7) is 1.37. The van der Waals surface area contributed by atoms with Crippen LogP contribution in [0.2, 0.25) is 0 Å². The van der Waals surface area contributed by atoms with Gasteiger partial charge in [0.1, 0.15) is 6.61 Å². The van der Waals surface area contributed by atoms with E-state index in [2.05, 4.69) is 5.32 Å². The third-order valence-electron chi connectivity index (χ3n) is 2.73. The zero-order valence-corrected chi connectivity index (χ0v) is 11.5. The molecular formula is C13H18ClNO4. The van der Waals surface area contributed by atoms with Crippen LogP contribution in [-0.2, 0) is 4.74 Å². The number of aliphatic hydroxyl groups is 1. The smallest absolute Gasteiger partial charge is 0.163 e. The molecular weight excluding hydrogens is 270 g/mol. The van der Waals surface area contributed by atoms with E-state index < -0.39 is 6.10 Å². The summed E-state index contributed by atoms with van der Waals surface area (Å²) in [6, 6.07) is 5.56. The fraction of sp³-hybridized carbons (Fsp3) is 0.538. The number of hydrogen-bond donors (Lipinski definition) is 2. The monoisotopic (exact) mass is 287 g/mol. The van der Waals surface area contributed by atoms with Crippen molar-refractivity contribution in [2.24, 2.45) is 0 Å². The maximum Gasteiger partial charge on any atom is 0.163 e. The fourth-order valence-electron chi connectivity index (χ4n) is 1.78. The fourth-order valence-corrected chi connectivity index (χ4v) is 1.89. The highest BCUT2D eigenvalue weighted by atomic mass is 35.5. The van der Waals surface area contributed by atoms with Gasteiger partial charge in [-0.2, -0.15) is 0 Å². The SMILES string of the molecule is COCC1COc2ccc(NCC(O)CCl)cc2O1. The Labute approximate surface area is 117 Å². The number of hydrogen-bond acceptors (Lipinski definition) is 5. The van der Waals surface area contributed by atoms with Gasteiger partial charge in [-0.3, -0.25) is 0 Å². The van der Waals surface area contributed by atoms with Crippen molar-refractivity contribution < 1.29 is 19.3 Å². The number of nitrogens with one attached hydrogen (secondary N) is 1. The van der Waals surface area contributed by atoms with Crippen molar-refractivity contribution >= 4 is 17.3 Å². The zero-order chi connectivity index (χ0) is 13.7. The van der Waals surface area contributed by atoms with Crippen molar-refractivity contribution in [3.05, 3.63) is 18.2 Å². The van der Waals surface area contributed by atoms with Crippen LogP contribution >= 0.6 is 11.6 Å². The van der Waals surface area contributed by atoms with E-state index in [9.17, 15) is 5.11 Å². The van der Waals surface area contributed by atoms with Crippen LogP contribution in [-0.4, -0.2) is 50.1 Å². The molecule has 0 aliphatic carbocycles. The van der Waals surface area contributed by atoms with E-state index in [0.717, 1.165) is 11.4 Å². The molecule has 2 atom stereocenters. The molecule has 6 heteroatoms. The van der Waals surface area contributed by atoms with Gasteiger partial charge in [0.2, 0.25) is 0 Å². The number of fused-ring (bicyclic) bond motifs is 1. The molecule has 1 aliphatic rings. The molecule has 1 aromatic carbocycles. The first-order valence-corrected chi connectivity index (χ1v) is 6.66. The van der Waals surface area contributed by atoms with E-state index in [4.69, 9.17) is 25.8 Å². The number of benzene rings is 1. The average molecular weight is 288 g/mol. The molecule has 2 rings (SSSR count). The third kappa shape index (κ3) is 3.89. The first-order valence-electron chi connectivity index (χ1n) is 6.13. The Morgan fingerprint density at radius 2 is 2.37 bits per heavy atom. The Morgan fingerprint density at radius 1 is 1.53 bits per heavy atom. The van der Waals surface area contributed by atoms with Crippen LogP contribution in [0.15, 0.2) is 18.2 Å². The van der Waals surface area contributed by atoms with Crippen molar-refractivity contribution in [2.45, 2.75) is 12.2 Å². The van der Waals surface area contributed by atoms with Crippen LogP contribution in [0.25, 0.3) is 0 Å². The lowest BCUT2D eigenvalue weighted by Crippen LogP contribution is -2.33. The Bertz CT molecular complexity index is 416. The predicted octanol–water partition coefficient (Wildman–Crippen LogP) is 1.48. The molecule has 1 aromatic rings. The normalized spacial score (nSPS) is 19.0. The van der Waals surface area contributed by atoms with Gasteiger partial charge < -0.3 is 24.6 Å². The Hall–Kier alpha value is -1.17. The summed E-state index contributed by atoms with van der Waals surface area (Å²) in [7, 11) is 1.63. The minimum absolute atomic E-state index is 0.0961. The van der Waals surface area contributed by atoms with Crippen molar-refractivity contribution in [3.63, 3.8) is 0 Å². The van der Waals surface area contributed by atoms with E-state index in [-0.39, 0.29) is 12.0 Å². The largest absolute Gasteiger partial charge is 0.486 e. The highest BCUT2D eigenvalue weighted by Crippen LogP contribution is 2.34. The van der Waals surface area contributed by atoms with Crippen molar-refractivity contribution in [1.29, 1.82) is 0 Å². The van der Waals surface area contributed by atoms with Crippen molar-refractivity contribution in [1.82, 2.24) is 0 Å². The third-order valence-corrected chi connectivity index (χ3v) is 3.09. The Balaban J connectivity index is 1.99. The van der Waals surface area contributed by atoms with Gasteiger partial charge in [-0.25, -0.2) is 0 Å². The number of methoxy groups -OCH3 is 1. The van der Waals surface area contributed by atoms with E-state index in [0.29, 0.717) is 25.5 Å². The van der Waals surface area contributed by atoms with Crippen molar-refractivity contribution in [3.8, 4) is 11.5 Å². The van der Waals surface area contributed by atoms with Crippen LogP contribution < -0.4 is 14.8 Å². The van der Waals surface area contributed by atoms with Crippen LogP contribution in [0.4, 0.5) is 5.69 Å². The topological polar surface area (TPSA) is 60.0 Å². The van der Waals surface area contributed by atoms with E-state index in [1.54, 1.807) is 7.11 Å². The molecule has 106 valence electrons. The lowest BCUT2D eigenvalue weighted by atomic mass is 10.2. The quantitative estimate of drug-likeness (QED) is 0.776. The maximum absolute atomic E-state index is 9.40. The highest BCUT2D eigenvalue weighted by Gasteiger charge is 2.21. The summed E-state index contributed by atoms with van der Waals surface area (Å²) >= 11 is 5.54. The van der Waals surface area contributed by atoms with Crippen LogP contribution in [0, 0.1) is 0 Å². The molecule has 0 bridgehead atoms. The molecule has 0 fully saturated rings. The summed E-state index contributed by atoms with van der Waals surface area (Å²) in [5.74, 6) is 1.60. The second-order valence-electron chi connectivity index (χ2n) is 4.36. The summed E-state index contributed by atoms with van der Waals surface area (Å²) in [4.78, 5) is 0. The van der Waals surface area contributed by atoms with Gasteiger partial charge in [-0.05, 0) is 12.1 Å². The van der Waals surface area contributed by atoms with E-state index in [1.165, 1.54) is 0 Å². The molecule has 1 heterocycles. The summed E-state index contributed by atoms with van der Waals surface area (Å²) in [6.07, 6.45) is -0.669. The minimum atomic E-state index is -0.573. The molecule has 0 radical (unpaired) electrons. The van der Waals surface area contributed by atoms with E-state index >= 15 is 0 Å². The number of aliphatic hydroxyl groups excluding tert-OH is 1. The lowest BCUT2D eigenvalue weighted by Gasteiger charge is -2.26. The van der Waals surface area contributed by atoms with Gasteiger partial charge in [-0.15, -0.1) is 11.6 Å². The first-order chi connectivity index (χ1) is 9.22. The molecule has 2 unspecified atom stereocenters. The number of rotatable bonds is 6. The molecule has 2 N–H and O–H groups in total. The van der Waals surface area contributed by atoms with Gasteiger partial charge >= 0.3 is 0 Å². The molecule has 1 aliphatic heterocycles. The lowest BCUT2D eigenvalue weighted by molar-refractivity contribution is 0.0273. The number of alkyl halides is 1. The molecule has 19 heavy (non-hydrogen) atoms. The Morgan fingerprint density at radius 3 is 3.11 bits per heavy atom. The molecule has 0 spiro atoms. The van der Waals surface area contributed by atoms with E-state index in [1.807, 2.05) is 18.2 Å². The second kappa shape index (κ2) is 6.84. The minimum Gasteiger partial charge on any atom is -0.486 e. The molecule has 0 aromatic heterocycles.